The van der Waals surface area contributed by atoms with Crippen LogP contribution in [0.4, 0.5) is 0 Å². The fraction of sp³-hybridized carbons (Fsp3) is 0.143. The van der Waals surface area contributed by atoms with Crippen LogP contribution < -0.4 is 15.2 Å². The molecule has 0 spiro atoms. The highest BCUT2D eigenvalue weighted by molar-refractivity contribution is 8.51. The Morgan fingerprint density at radius 3 is 1.55 bits per heavy atom. The van der Waals surface area contributed by atoms with E-state index in [-0.39, 0.29) is 6.15 Å². The molecule has 3 nitrogen and oxygen atoms in total. The van der Waals surface area contributed by atoms with Crippen molar-refractivity contribution in [1.29, 1.82) is 0 Å². The molecule has 0 aliphatic carbocycles. The Kier molecular flexibility index (Phi) is 6.08. The minimum absolute atomic E-state index is 0. The Labute approximate surface area is 130 Å². The van der Waals surface area contributed by atoms with Crippen molar-refractivity contribution in [3.05, 3.63) is 59.7 Å². The number of hydrogen-bond acceptors (Lipinski definition) is 4. The van der Waals surface area contributed by atoms with E-state index in [4.69, 9.17) is 33.1 Å². The molecule has 0 fully saturated rings. The van der Waals surface area contributed by atoms with Crippen LogP contribution >= 0.6 is 5.69 Å². The lowest BCUT2D eigenvalue weighted by molar-refractivity contribution is 0.502. The molecule has 20 heavy (non-hydrogen) atoms. The SMILES string of the molecule is Cc1ccccc1OP(=S)([S-])Oc1ccccc1C.[NH4+]. The molecule has 0 aromatic heterocycles. The zero-order valence-electron chi connectivity index (χ0n) is 11.7. The Bertz CT molecular complexity index is 583. The summed E-state index contributed by atoms with van der Waals surface area (Å²) < 4.78 is 11.4. The Balaban J connectivity index is 0.00000200. The normalized spacial score (nSPS) is 10.6. The van der Waals surface area contributed by atoms with Gasteiger partial charge in [-0.2, -0.15) is 0 Å². The first kappa shape index (κ1) is 17.1. The molecular formula is C14H18NO2PS2. The molecule has 0 aliphatic heterocycles. The van der Waals surface area contributed by atoms with Gasteiger partial charge in [-0.05, 0) is 48.9 Å². The molecule has 0 aliphatic rings. The second kappa shape index (κ2) is 7.14. The molecule has 2 aromatic rings. The van der Waals surface area contributed by atoms with Gasteiger partial charge in [0.05, 0.1) is 0 Å². The zero-order valence-corrected chi connectivity index (χ0v) is 14.2. The van der Waals surface area contributed by atoms with E-state index in [9.17, 15) is 0 Å². The smallest absolute Gasteiger partial charge is 0.156 e. The third-order valence-electron chi connectivity index (χ3n) is 2.61. The van der Waals surface area contributed by atoms with Crippen LogP contribution in [0.1, 0.15) is 11.1 Å². The van der Waals surface area contributed by atoms with Crippen LogP contribution in [0.25, 0.3) is 0 Å². The van der Waals surface area contributed by atoms with Gasteiger partial charge < -0.3 is 27.4 Å². The molecule has 2 aromatic carbocycles. The third-order valence-corrected chi connectivity index (χ3v) is 4.34. The first-order chi connectivity index (χ1) is 8.98. The van der Waals surface area contributed by atoms with Gasteiger partial charge >= 0.3 is 0 Å². The third kappa shape index (κ3) is 4.53. The van der Waals surface area contributed by atoms with Gasteiger partial charge in [0, 0.05) is 0 Å². The standard InChI is InChI=1S/C14H15O2PS2.H3N/c1-11-7-3-5-9-13(11)15-17(18,19)16-14-10-6-4-8-12(14)2;/h3-10H,1-2H3,(H,18,19);1H3. The monoisotopic (exact) mass is 327 g/mol. The fourth-order valence-electron chi connectivity index (χ4n) is 1.58. The highest BCUT2D eigenvalue weighted by Gasteiger charge is 2.09. The lowest BCUT2D eigenvalue weighted by atomic mass is 10.2. The second-order valence-corrected chi connectivity index (χ2v) is 9.00. The van der Waals surface area contributed by atoms with Crippen molar-refractivity contribution in [1.82, 2.24) is 6.15 Å². The van der Waals surface area contributed by atoms with Crippen molar-refractivity contribution < 1.29 is 9.05 Å². The van der Waals surface area contributed by atoms with Gasteiger partial charge in [-0.1, -0.05) is 36.4 Å². The fourth-order valence-corrected chi connectivity index (χ4v) is 3.47. The minimum Gasteiger partial charge on any atom is -0.665 e. The Morgan fingerprint density at radius 1 is 0.850 bits per heavy atom. The second-order valence-electron chi connectivity index (χ2n) is 4.16. The van der Waals surface area contributed by atoms with Crippen molar-refractivity contribution in [2.75, 3.05) is 0 Å². The summed E-state index contributed by atoms with van der Waals surface area (Å²) in [6, 6.07) is 15.3. The first-order valence-electron chi connectivity index (χ1n) is 5.79. The van der Waals surface area contributed by atoms with Crippen LogP contribution in [0.2, 0.25) is 0 Å². The van der Waals surface area contributed by atoms with Crippen molar-refractivity contribution in [3.63, 3.8) is 0 Å². The van der Waals surface area contributed by atoms with Gasteiger partial charge in [0.1, 0.15) is 11.5 Å². The topological polar surface area (TPSA) is 55.0 Å². The van der Waals surface area contributed by atoms with Gasteiger partial charge in [-0.15, -0.1) is 0 Å². The van der Waals surface area contributed by atoms with Crippen LogP contribution in [0, 0.1) is 13.8 Å². The first-order valence-corrected chi connectivity index (χ1v) is 9.44. The highest BCUT2D eigenvalue weighted by Crippen LogP contribution is 2.47. The summed E-state index contributed by atoms with van der Waals surface area (Å²) in [5, 5.41) is 0. The Hall–Kier alpha value is -1.00. The lowest BCUT2D eigenvalue weighted by Gasteiger charge is -2.30. The summed E-state index contributed by atoms with van der Waals surface area (Å²) in [7, 11) is 0. The highest BCUT2D eigenvalue weighted by atomic mass is 32.9. The predicted molar refractivity (Wildman–Crippen MR) is 91.2 cm³/mol. The average Bonchev–Trinajstić information content (AvgIpc) is 2.35. The van der Waals surface area contributed by atoms with Crippen molar-refractivity contribution >= 4 is 29.7 Å². The van der Waals surface area contributed by atoms with Crippen LogP contribution in [0.5, 0.6) is 11.5 Å². The van der Waals surface area contributed by atoms with Gasteiger partial charge in [0.25, 0.3) is 0 Å². The summed E-state index contributed by atoms with van der Waals surface area (Å²) in [6.07, 6.45) is 0. The van der Waals surface area contributed by atoms with Crippen LogP contribution in [-0.4, -0.2) is 0 Å². The molecule has 0 amide bonds. The molecule has 0 atom stereocenters. The summed E-state index contributed by atoms with van der Waals surface area (Å²) in [5.41, 5.74) is -0.783. The number of hydrogen-bond donors (Lipinski definition) is 1. The molecule has 4 N–H and O–H groups in total. The molecule has 0 radical (unpaired) electrons. The van der Waals surface area contributed by atoms with E-state index >= 15 is 0 Å². The molecular weight excluding hydrogens is 309 g/mol. The van der Waals surface area contributed by atoms with E-state index in [1.807, 2.05) is 62.4 Å². The quantitative estimate of drug-likeness (QED) is 0.640. The van der Waals surface area contributed by atoms with E-state index in [2.05, 4.69) is 0 Å². The van der Waals surface area contributed by atoms with Gasteiger partial charge in [0.2, 0.25) is 0 Å². The van der Waals surface area contributed by atoms with Crippen molar-refractivity contribution in [3.8, 4) is 11.5 Å². The minimum atomic E-state index is -2.77. The summed E-state index contributed by atoms with van der Waals surface area (Å²) in [6.45, 7) is 3.90. The largest absolute Gasteiger partial charge is 0.665 e. The number of rotatable bonds is 4. The molecule has 2 rings (SSSR count). The van der Waals surface area contributed by atoms with E-state index in [0.29, 0.717) is 11.5 Å². The van der Waals surface area contributed by atoms with Gasteiger partial charge in [-0.3, -0.25) is 0 Å². The maximum atomic E-state index is 5.71. The molecule has 6 heteroatoms. The zero-order chi connectivity index (χ0) is 13.9. The molecule has 108 valence electrons. The molecule has 0 saturated heterocycles. The van der Waals surface area contributed by atoms with Gasteiger partial charge in [-0.25, -0.2) is 0 Å². The number of para-hydroxylation sites is 2. The van der Waals surface area contributed by atoms with E-state index in [1.165, 1.54) is 0 Å². The van der Waals surface area contributed by atoms with E-state index < -0.39 is 5.69 Å². The number of aryl methyl sites for hydroxylation is 2. The molecule has 0 heterocycles. The predicted octanol–water partition coefficient (Wildman–Crippen LogP) is 4.91. The van der Waals surface area contributed by atoms with Crippen molar-refractivity contribution in [2.45, 2.75) is 13.8 Å². The summed E-state index contributed by atoms with van der Waals surface area (Å²) in [5.74, 6) is 1.38. The molecule has 0 bridgehead atoms. The maximum Gasteiger partial charge on any atom is 0.156 e. The Morgan fingerprint density at radius 2 is 1.20 bits per heavy atom. The van der Waals surface area contributed by atoms with Crippen LogP contribution in [0.3, 0.4) is 0 Å². The molecule has 0 saturated carbocycles. The average molecular weight is 327 g/mol. The van der Waals surface area contributed by atoms with Crippen LogP contribution in [0.15, 0.2) is 48.5 Å². The van der Waals surface area contributed by atoms with E-state index in [0.717, 1.165) is 11.1 Å². The molecule has 0 unspecified atom stereocenters. The van der Waals surface area contributed by atoms with Gasteiger partial charge in [0.15, 0.2) is 5.69 Å². The van der Waals surface area contributed by atoms with Crippen molar-refractivity contribution in [2.24, 2.45) is 0 Å². The number of quaternary nitrogens is 1. The number of benzene rings is 2. The maximum absolute atomic E-state index is 5.71. The summed E-state index contributed by atoms with van der Waals surface area (Å²) >= 11 is 10.6. The van der Waals surface area contributed by atoms with E-state index in [1.54, 1.807) is 0 Å². The van der Waals surface area contributed by atoms with Crippen LogP contribution in [-0.2, 0) is 24.1 Å². The summed E-state index contributed by atoms with van der Waals surface area (Å²) in [4.78, 5) is 0. The lowest BCUT2D eigenvalue weighted by Crippen LogP contribution is -1.99.